The zero-order valence-corrected chi connectivity index (χ0v) is 14.9. The third-order valence-electron chi connectivity index (χ3n) is 3.58. The SMILES string of the molecule is Oc1[nH]c2ccc(Cl)cc2c1N=Nc1nc(-c2ccc(Cl)cc2)cs1. The predicted molar refractivity (Wildman–Crippen MR) is 102 cm³/mol. The van der Waals surface area contributed by atoms with Crippen LogP contribution >= 0.6 is 34.5 Å². The number of rotatable bonds is 3. The Balaban J connectivity index is 1.66. The molecule has 0 saturated heterocycles. The summed E-state index contributed by atoms with van der Waals surface area (Å²) >= 11 is 13.3. The fourth-order valence-corrected chi connectivity index (χ4v) is 3.34. The molecule has 0 spiro atoms. The van der Waals surface area contributed by atoms with Crippen LogP contribution in [-0.4, -0.2) is 15.1 Å². The first-order valence-electron chi connectivity index (χ1n) is 7.23. The van der Waals surface area contributed by atoms with Crippen molar-refractivity contribution in [3.63, 3.8) is 0 Å². The van der Waals surface area contributed by atoms with Gasteiger partial charge in [-0.15, -0.1) is 21.6 Å². The van der Waals surface area contributed by atoms with Gasteiger partial charge in [0.25, 0.3) is 0 Å². The molecule has 2 heterocycles. The normalized spacial score (nSPS) is 11.6. The van der Waals surface area contributed by atoms with E-state index in [-0.39, 0.29) is 5.88 Å². The van der Waals surface area contributed by atoms with E-state index >= 15 is 0 Å². The number of azo groups is 1. The number of nitrogens with zero attached hydrogens (tertiary/aromatic N) is 3. The number of hydrogen-bond acceptors (Lipinski definition) is 5. The van der Waals surface area contributed by atoms with E-state index < -0.39 is 0 Å². The number of fused-ring (bicyclic) bond motifs is 1. The molecule has 0 aliphatic carbocycles. The first-order valence-corrected chi connectivity index (χ1v) is 8.87. The molecule has 4 aromatic rings. The van der Waals surface area contributed by atoms with Gasteiger partial charge in [0.2, 0.25) is 11.0 Å². The molecule has 0 amide bonds. The maximum Gasteiger partial charge on any atom is 0.230 e. The Morgan fingerprint density at radius 3 is 2.56 bits per heavy atom. The number of H-pyrrole nitrogens is 1. The lowest BCUT2D eigenvalue weighted by atomic mass is 10.2. The minimum atomic E-state index is -0.0597. The molecular formula is C17H10Cl2N4OS. The Bertz CT molecular complexity index is 1090. The number of aromatic hydroxyl groups is 1. The first kappa shape index (κ1) is 16.1. The summed E-state index contributed by atoms with van der Waals surface area (Å²) in [5, 5.41) is 22.6. The maximum absolute atomic E-state index is 10.0. The van der Waals surface area contributed by atoms with Gasteiger partial charge < -0.3 is 10.1 Å². The highest BCUT2D eigenvalue weighted by Gasteiger charge is 2.11. The monoisotopic (exact) mass is 388 g/mol. The first-order chi connectivity index (χ1) is 12.1. The average molecular weight is 389 g/mol. The van der Waals surface area contributed by atoms with Crippen LogP contribution in [-0.2, 0) is 0 Å². The van der Waals surface area contributed by atoms with Gasteiger partial charge >= 0.3 is 0 Å². The van der Waals surface area contributed by atoms with Crippen molar-refractivity contribution in [2.24, 2.45) is 10.2 Å². The van der Waals surface area contributed by atoms with E-state index in [2.05, 4.69) is 20.2 Å². The Morgan fingerprint density at radius 1 is 1.00 bits per heavy atom. The zero-order chi connectivity index (χ0) is 17.4. The summed E-state index contributed by atoms with van der Waals surface area (Å²) in [6.07, 6.45) is 0. The molecule has 0 aliphatic heterocycles. The summed E-state index contributed by atoms with van der Waals surface area (Å²) in [5.74, 6) is -0.0597. The molecule has 0 atom stereocenters. The van der Waals surface area contributed by atoms with Crippen LogP contribution in [0.1, 0.15) is 0 Å². The lowest BCUT2D eigenvalue weighted by Crippen LogP contribution is -1.75. The van der Waals surface area contributed by atoms with Gasteiger partial charge in [-0.25, -0.2) is 4.98 Å². The number of nitrogens with one attached hydrogen (secondary N) is 1. The largest absolute Gasteiger partial charge is 0.493 e. The molecule has 124 valence electrons. The summed E-state index contributed by atoms with van der Waals surface area (Å²) in [6, 6.07) is 12.6. The number of aromatic amines is 1. The lowest BCUT2D eigenvalue weighted by molar-refractivity contribution is 0.459. The van der Waals surface area contributed by atoms with Crippen LogP contribution in [0.5, 0.6) is 5.88 Å². The maximum atomic E-state index is 10.0. The van der Waals surface area contributed by atoms with E-state index in [9.17, 15) is 5.11 Å². The molecule has 25 heavy (non-hydrogen) atoms. The van der Waals surface area contributed by atoms with E-state index in [1.807, 2.05) is 29.6 Å². The Labute approximate surface area is 156 Å². The van der Waals surface area contributed by atoms with Crippen molar-refractivity contribution in [1.82, 2.24) is 9.97 Å². The number of benzene rings is 2. The molecular weight excluding hydrogens is 379 g/mol. The molecule has 0 aliphatic rings. The van der Waals surface area contributed by atoms with Crippen LogP contribution < -0.4 is 0 Å². The molecule has 0 fully saturated rings. The number of hydrogen-bond donors (Lipinski definition) is 2. The molecule has 2 aromatic heterocycles. The highest BCUT2D eigenvalue weighted by atomic mass is 35.5. The molecule has 0 unspecified atom stereocenters. The molecule has 5 nitrogen and oxygen atoms in total. The predicted octanol–water partition coefficient (Wildman–Crippen LogP) is 6.72. The third-order valence-corrected chi connectivity index (χ3v) is 4.79. The second-order valence-electron chi connectivity index (χ2n) is 5.23. The van der Waals surface area contributed by atoms with Crippen LogP contribution in [0.25, 0.3) is 22.2 Å². The lowest BCUT2D eigenvalue weighted by Gasteiger charge is -1.95. The highest BCUT2D eigenvalue weighted by Crippen LogP contribution is 2.38. The summed E-state index contributed by atoms with van der Waals surface area (Å²) in [5.41, 5.74) is 2.81. The van der Waals surface area contributed by atoms with E-state index in [1.54, 1.807) is 18.2 Å². The summed E-state index contributed by atoms with van der Waals surface area (Å²) in [6.45, 7) is 0. The van der Waals surface area contributed by atoms with Crippen molar-refractivity contribution in [2.75, 3.05) is 0 Å². The molecule has 8 heteroatoms. The molecule has 2 aromatic carbocycles. The van der Waals surface area contributed by atoms with Gasteiger partial charge in [-0.1, -0.05) is 35.3 Å². The van der Waals surface area contributed by atoms with Gasteiger partial charge in [0, 0.05) is 26.4 Å². The number of halogens is 2. The quantitative estimate of drug-likeness (QED) is 0.382. The molecule has 2 N–H and O–H groups in total. The van der Waals surface area contributed by atoms with Crippen LogP contribution in [0.15, 0.2) is 58.1 Å². The fourth-order valence-electron chi connectivity index (χ4n) is 2.39. The summed E-state index contributed by atoms with van der Waals surface area (Å²) in [4.78, 5) is 7.27. The van der Waals surface area contributed by atoms with Crippen LogP contribution in [0.2, 0.25) is 10.0 Å². The van der Waals surface area contributed by atoms with Crippen molar-refractivity contribution in [2.45, 2.75) is 0 Å². The van der Waals surface area contributed by atoms with Crippen LogP contribution in [0.3, 0.4) is 0 Å². The van der Waals surface area contributed by atoms with Crippen molar-refractivity contribution in [3.05, 3.63) is 57.9 Å². The molecule has 4 rings (SSSR count). The Morgan fingerprint density at radius 2 is 1.76 bits per heavy atom. The molecule has 0 bridgehead atoms. The van der Waals surface area contributed by atoms with Crippen molar-refractivity contribution in [1.29, 1.82) is 0 Å². The van der Waals surface area contributed by atoms with E-state index in [0.717, 1.165) is 16.8 Å². The van der Waals surface area contributed by atoms with Gasteiger partial charge in [-0.3, -0.25) is 0 Å². The van der Waals surface area contributed by atoms with Crippen molar-refractivity contribution >= 4 is 56.3 Å². The van der Waals surface area contributed by atoms with E-state index in [4.69, 9.17) is 23.2 Å². The second-order valence-corrected chi connectivity index (χ2v) is 6.94. The summed E-state index contributed by atoms with van der Waals surface area (Å²) < 4.78 is 0. The van der Waals surface area contributed by atoms with E-state index in [0.29, 0.717) is 26.3 Å². The van der Waals surface area contributed by atoms with Crippen molar-refractivity contribution < 1.29 is 5.11 Å². The minimum absolute atomic E-state index is 0.0597. The molecule has 0 saturated carbocycles. The van der Waals surface area contributed by atoms with Gasteiger partial charge in [-0.05, 0) is 30.3 Å². The highest BCUT2D eigenvalue weighted by molar-refractivity contribution is 7.13. The van der Waals surface area contributed by atoms with Crippen LogP contribution in [0.4, 0.5) is 10.8 Å². The minimum Gasteiger partial charge on any atom is -0.493 e. The topological polar surface area (TPSA) is 73.6 Å². The Hall–Kier alpha value is -2.41. The molecule has 0 radical (unpaired) electrons. The van der Waals surface area contributed by atoms with Crippen molar-refractivity contribution in [3.8, 4) is 17.1 Å². The smallest absolute Gasteiger partial charge is 0.230 e. The van der Waals surface area contributed by atoms with Gasteiger partial charge in [-0.2, -0.15) is 0 Å². The standard InChI is InChI=1S/C17H10Cl2N4OS/c18-10-3-1-9(2-4-10)14-8-25-17(21-14)23-22-15-12-7-11(19)5-6-13(12)20-16(15)24/h1-8,20,24H. The summed E-state index contributed by atoms with van der Waals surface area (Å²) in [7, 11) is 0. The van der Waals surface area contributed by atoms with Gasteiger partial charge in [0.15, 0.2) is 5.69 Å². The number of aromatic nitrogens is 2. The van der Waals surface area contributed by atoms with E-state index in [1.165, 1.54) is 11.3 Å². The number of thiazole rings is 1. The van der Waals surface area contributed by atoms with Gasteiger partial charge in [0.05, 0.1) is 11.2 Å². The fraction of sp³-hybridized carbons (Fsp3) is 0. The average Bonchev–Trinajstić information content (AvgIpc) is 3.18. The van der Waals surface area contributed by atoms with Gasteiger partial charge in [0.1, 0.15) is 0 Å². The second kappa shape index (κ2) is 6.48. The Kier molecular flexibility index (Phi) is 4.17. The van der Waals surface area contributed by atoms with Crippen LogP contribution in [0, 0.1) is 0 Å². The third kappa shape index (κ3) is 3.24. The zero-order valence-electron chi connectivity index (χ0n) is 12.6.